The van der Waals surface area contributed by atoms with Crippen LogP contribution in [0.1, 0.15) is 13.3 Å². The lowest BCUT2D eigenvalue weighted by molar-refractivity contribution is 0.300. The third kappa shape index (κ3) is 1.61. The van der Waals surface area contributed by atoms with Crippen LogP contribution >= 0.6 is 0 Å². The van der Waals surface area contributed by atoms with E-state index in [9.17, 15) is 0 Å². The van der Waals surface area contributed by atoms with E-state index in [2.05, 4.69) is 0 Å². The molecule has 1 atom stereocenters. The van der Waals surface area contributed by atoms with Gasteiger partial charge in [0.15, 0.2) is 0 Å². The van der Waals surface area contributed by atoms with Crippen LogP contribution in [0.15, 0.2) is 24.0 Å². The largest absolute Gasteiger partial charge is 0.497 e. The molecule has 0 aromatic rings. The Morgan fingerprint density at radius 2 is 2.40 bits per heavy atom. The summed E-state index contributed by atoms with van der Waals surface area (Å²) in [5.41, 5.74) is 5.63. The maximum Gasteiger partial charge on any atom is 0.114 e. The van der Waals surface area contributed by atoms with Gasteiger partial charge in [0.1, 0.15) is 5.76 Å². The topological polar surface area (TPSA) is 35.2 Å². The molecule has 10 heavy (non-hydrogen) atoms. The highest BCUT2D eigenvalue weighted by Gasteiger charge is 2.15. The highest BCUT2D eigenvalue weighted by molar-refractivity contribution is 5.23. The Kier molecular flexibility index (Phi) is 1.81. The van der Waals surface area contributed by atoms with Crippen molar-refractivity contribution < 1.29 is 4.74 Å². The molecule has 1 rings (SSSR count). The van der Waals surface area contributed by atoms with Gasteiger partial charge in [-0.1, -0.05) is 6.08 Å². The molecule has 1 aliphatic carbocycles. The van der Waals surface area contributed by atoms with E-state index in [0.717, 1.165) is 12.2 Å². The molecule has 56 valence electrons. The molecular weight excluding hydrogens is 126 g/mol. The van der Waals surface area contributed by atoms with Crippen LogP contribution in [0.25, 0.3) is 0 Å². The van der Waals surface area contributed by atoms with E-state index in [0.29, 0.717) is 0 Å². The Balaban J connectivity index is 2.63. The molecule has 0 bridgehead atoms. The molecule has 0 aliphatic heterocycles. The SMILES string of the molecule is COC1=CCC(C)(N)C=C1. The van der Waals surface area contributed by atoms with Gasteiger partial charge in [0, 0.05) is 5.54 Å². The van der Waals surface area contributed by atoms with E-state index in [-0.39, 0.29) is 5.54 Å². The molecule has 2 N–H and O–H groups in total. The summed E-state index contributed by atoms with van der Waals surface area (Å²) in [7, 11) is 1.66. The lowest BCUT2D eigenvalue weighted by Crippen LogP contribution is -2.34. The molecule has 1 aliphatic rings. The number of ether oxygens (including phenoxy) is 1. The van der Waals surface area contributed by atoms with Crippen LogP contribution < -0.4 is 5.73 Å². The van der Waals surface area contributed by atoms with E-state index >= 15 is 0 Å². The van der Waals surface area contributed by atoms with Gasteiger partial charge in [-0.05, 0) is 25.5 Å². The van der Waals surface area contributed by atoms with E-state index in [1.165, 1.54) is 0 Å². The minimum Gasteiger partial charge on any atom is -0.497 e. The summed E-state index contributed by atoms with van der Waals surface area (Å²) in [5.74, 6) is 0.905. The standard InChI is InChI=1S/C8H13NO/c1-8(9)5-3-7(10-2)4-6-8/h3-5H,6,9H2,1-2H3. The Morgan fingerprint density at radius 1 is 1.70 bits per heavy atom. The second kappa shape index (κ2) is 2.46. The first-order chi connectivity index (χ1) is 4.64. The average molecular weight is 139 g/mol. The fraction of sp³-hybridized carbons (Fsp3) is 0.500. The van der Waals surface area contributed by atoms with Crippen molar-refractivity contribution in [3.05, 3.63) is 24.0 Å². The maximum atomic E-state index is 5.81. The smallest absolute Gasteiger partial charge is 0.114 e. The molecule has 0 aromatic heterocycles. The van der Waals surface area contributed by atoms with Crippen LogP contribution in [-0.4, -0.2) is 12.6 Å². The Morgan fingerprint density at radius 3 is 2.80 bits per heavy atom. The molecule has 2 nitrogen and oxygen atoms in total. The highest BCUT2D eigenvalue weighted by Crippen LogP contribution is 2.17. The molecule has 2 heteroatoms. The normalized spacial score (nSPS) is 31.7. The van der Waals surface area contributed by atoms with Gasteiger partial charge >= 0.3 is 0 Å². The van der Waals surface area contributed by atoms with Crippen LogP contribution in [0.5, 0.6) is 0 Å². The summed E-state index contributed by atoms with van der Waals surface area (Å²) in [6.45, 7) is 1.99. The second-order valence-corrected chi connectivity index (χ2v) is 2.85. The number of hydrogen-bond acceptors (Lipinski definition) is 2. The summed E-state index contributed by atoms with van der Waals surface area (Å²) >= 11 is 0. The van der Waals surface area contributed by atoms with Crippen LogP contribution in [0.3, 0.4) is 0 Å². The number of nitrogens with two attached hydrogens (primary N) is 1. The maximum absolute atomic E-state index is 5.81. The predicted octanol–water partition coefficient (Wildman–Crippen LogP) is 1.19. The number of methoxy groups -OCH3 is 1. The Labute approximate surface area is 61.4 Å². The zero-order valence-electron chi connectivity index (χ0n) is 6.42. The molecular formula is C8H13NO. The quantitative estimate of drug-likeness (QED) is 0.592. The van der Waals surface area contributed by atoms with E-state index in [1.54, 1.807) is 7.11 Å². The molecule has 0 amide bonds. The zero-order chi connectivity index (χ0) is 7.61. The molecule has 0 fully saturated rings. The summed E-state index contributed by atoms with van der Waals surface area (Å²) in [4.78, 5) is 0. The lowest BCUT2D eigenvalue weighted by atomic mass is 9.94. The molecule has 0 saturated heterocycles. The fourth-order valence-corrected chi connectivity index (χ4v) is 0.880. The average Bonchev–Trinajstić information content (AvgIpc) is 1.88. The van der Waals surface area contributed by atoms with Gasteiger partial charge in [0.2, 0.25) is 0 Å². The zero-order valence-corrected chi connectivity index (χ0v) is 6.42. The van der Waals surface area contributed by atoms with Crippen LogP contribution in [0.4, 0.5) is 0 Å². The number of allylic oxidation sites excluding steroid dienone is 1. The van der Waals surface area contributed by atoms with Crippen molar-refractivity contribution in [3.63, 3.8) is 0 Å². The Hall–Kier alpha value is -0.760. The van der Waals surface area contributed by atoms with Crippen molar-refractivity contribution in [2.24, 2.45) is 5.73 Å². The first kappa shape index (κ1) is 7.35. The van der Waals surface area contributed by atoms with Crippen LogP contribution in [0, 0.1) is 0 Å². The van der Waals surface area contributed by atoms with E-state index in [4.69, 9.17) is 10.5 Å². The molecule has 0 heterocycles. The van der Waals surface area contributed by atoms with Crippen LogP contribution in [0.2, 0.25) is 0 Å². The first-order valence-electron chi connectivity index (χ1n) is 3.36. The van der Waals surface area contributed by atoms with Gasteiger partial charge in [-0.3, -0.25) is 0 Å². The van der Waals surface area contributed by atoms with Gasteiger partial charge < -0.3 is 10.5 Å². The van der Waals surface area contributed by atoms with E-state index in [1.807, 2.05) is 25.2 Å². The minimum atomic E-state index is -0.179. The van der Waals surface area contributed by atoms with Gasteiger partial charge in [-0.15, -0.1) is 0 Å². The lowest BCUT2D eigenvalue weighted by Gasteiger charge is -2.21. The molecule has 0 saturated carbocycles. The van der Waals surface area contributed by atoms with Gasteiger partial charge in [-0.25, -0.2) is 0 Å². The van der Waals surface area contributed by atoms with Crippen molar-refractivity contribution >= 4 is 0 Å². The molecule has 0 radical (unpaired) electrons. The third-order valence-corrected chi connectivity index (χ3v) is 1.61. The van der Waals surface area contributed by atoms with Gasteiger partial charge in [-0.2, -0.15) is 0 Å². The van der Waals surface area contributed by atoms with Crippen molar-refractivity contribution in [1.82, 2.24) is 0 Å². The van der Waals surface area contributed by atoms with E-state index < -0.39 is 0 Å². The van der Waals surface area contributed by atoms with Crippen molar-refractivity contribution in [2.45, 2.75) is 18.9 Å². The first-order valence-corrected chi connectivity index (χ1v) is 3.36. The van der Waals surface area contributed by atoms with Gasteiger partial charge in [0.05, 0.1) is 7.11 Å². The summed E-state index contributed by atoms with van der Waals surface area (Å²) < 4.78 is 5.00. The van der Waals surface area contributed by atoms with Gasteiger partial charge in [0.25, 0.3) is 0 Å². The summed E-state index contributed by atoms with van der Waals surface area (Å²) in [6, 6.07) is 0. The van der Waals surface area contributed by atoms with Crippen molar-refractivity contribution in [1.29, 1.82) is 0 Å². The highest BCUT2D eigenvalue weighted by atomic mass is 16.5. The summed E-state index contributed by atoms with van der Waals surface area (Å²) in [6.07, 6.45) is 6.72. The van der Waals surface area contributed by atoms with Crippen molar-refractivity contribution in [2.75, 3.05) is 7.11 Å². The minimum absolute atomic E-state index is 0.179. The monoisotopic (exact) mass is 139 g/mol. The van der Waals surface area contributed by atoms with Crippen LogP contribution in [-0.2, 0) is 4.74 Å². The van der Waals surface area contributed by atoms with Crippen molar-refractivity contribution in [3.8, 4) is 0 Å². The molecule has 0 spiro atoms. The molecule has 1 unspecified atom stereocenters. The molecule has 0 aromatic carbocycles. The number of rotatable bonds is 1. The second-order valence-electron chi connectivity index (χ2n) is 2.85. The number of hydrogen-bond donors (Lipinski definition) is 1. The fourth-order valence-electron chi connectivity index (χ4n) is 0.880. The Bertz CT molecular complexity index is 180. The summed E-state index contributed by atoms with van der Waals surface area (Å²) in [5, 5.41) is 0. The third-order valence-electron chi connectivity index (χ3n) is 1.61. The predicted molar refractivity (Wildman–Crippen MR) is 41.4 cm³/mol.